The molecular weight excluding hydrogens is 383 g/mol. The van der Waals surface area contributed by atoms with Crippen LogP contribution in [0.3, 0.4) is 0 Å². The Morgan fingerprint density at radius 2 is 2.00 bits per heavy atom. The van der Waals surface area contributed by atoms with Gasteiger partial charge in [-0.3, -0.25) is 0 Å². The zero-order valence-corrected chi connectivity index (χ0v) is 12.5. The SMILES string of the molecule is O=C(O)c1cc(Br)cnc1Nc1cc(Br)ccc1F. The van der Waals surface area contributed by atoms with Gasteiger partial charge in [0, 0.05) is 15.1 Å². The minimum atomic E-state index is -1.15. The van der Waals surface area contributed by atoms with Crippen molar-refractivity contribution in [3.8, 4) is 0 Å². The lowest BCUT2D eigenvalue weighted by Gasteiger charge is -2.10. The number of benzene rings is 1. The van der Waals surface area contributed by atoms with E-state index in [1.54, 1.807) is 6.07 Å². The molecule has 0 radical (unpaired) electrons. The fraction of sp³-hybridized carbons (Fsp3) is 0. The number of hydrogen-bond acceptors (Lipinski definition) is 3. The van der Waals surface area contributed by atoms with Crippen molar-refractivity contribution >= 4 is 49.3 Å². The van der Waals surface area contributed by atoms with Crippen LogP contribution in [0.15, 0.2) is 39.4 Å². The van der Waals surface area contributed by atoms with Gasteiger partial charge in [-0.2, -0.15) is 0 Å². The quantitative estimate of drug-likeness (QED) is 0.826. The fourth-order valence-corrected chi connectivity index (χ4v) is 2.12. The van der Waals surface area contributed by atoms with Crippen LogP contribution >= 0.6 is 31.9 Å². The Kier molecular flexibility index (Phi) is 4.16. The summed E-state index contributed by atoms with van der Waals surface area (Å²) in [6.45, 7) is 0. The lowest BCUT2D eigenvalue weighted by molar-refractivity contribution is 0.0697. The number of rotatable bonds is 3. The summed E-state index contributed by atoms with van der Waals surface area (Å²) in [7, 11) is 0. The maximum absolute atomic E-state index is 13.6. The van der Waals surface area contributed by atoms with E-state index in [9.17, 15) is 9.18 Å². The molecule has 98 valence electrons. The lowest BCUT2D eigenvalue weighted by Crippen LogP contribution is -2.05. The normalized spacial score (nSPS) is 10.3. The molecule has 0 bridgehead atoms. The highest BCUT2D eigenvalue weighted by atomic mass is 79.9. The molecule has 4 nitrogen and oxygen atoms in total. The highest BCUT2D eigenvalue weighted by Gasteiger charge is 2.14. The van der Waals surface area contributed by atoms with E-state index in [1.165, 1.54) is 24.4 Å². The van der Waals surface area contributed by atoms with Crippen LogP contribution in [-0.4, -0.2) is 16.1 Å². The highest BCUT2D eigenvalue weighted by molar-refractivity contribution is 9.10. The van der Waals surface area contributed by atoms with E-state index in [4.69, 9.17) is 5.11 Å². The Hall–Kier alpha value is -1.47. The van der Waals surface area contributed by atoms with Crippen molar-refractivity contribution in [2.45, 2.75) is 0 Å². The summed E-state index contributed by atoms with van der Waals surface area (Å²) in [6, 6.07) is 5.72. The number of nitrogens with zero attached hydrogens (tertiary/aromatic N) is 1. The molecule has 0 fully saturated rings. The summed E-state index contributed by atoms with van der Waals surface area (Å²) in [4.78, 5) is 15.1. The number of aromatic nitrogens is 1. The Bertz CT molecular complexity index is 650. The molecule has 0 atom stereocenters. The summed E-state index contributed by atoms with van der Waals surface area (Å²) in [5, 5.41) is 11.8. The minimum absolute atomic E-state index is 0.0475. The third-order valence-electron chi connectivity index (χ3n) is 2.27. The van der Waals surface area contributed by atoms with Gasteiger partial charge in [-0.25, -0.2) is 14.2 Å². The van der Waals surface area contributed by atoms with Gasteiger partial charge in [0.15, 0.2) is 0 Å². The first-order valence-corrected chi connectivity index (χ1v) is 6.67. The number of anilines is 2. The number of halogens is 3. The summed E-state index contributed by atoms with van der Waals surface area (Å²) in [5.74, 6) is -1.57. The zero-order valence-electron chi connectivity index (χ0n) is 9.32. The van der Waals surface area contributed by atoms with Crippen LogP contribution in [0, 0.1) is 5.82 Å². The van der Waals surface area contributed by atoms with Gasteiger partial charge in [0.1, 0.15) is 17.2 Å². The monoisotopic (exact) mass is 388 g/mol. The number of pyridine rings is 1. The smallest absolute Gasteiger partial charge is 0.339 e. The Morgan fingerprint density at radius 1 is 1.26 bits per heavy atom. The molecule has 0 spiro atoms. The second kappa shape index (κ2) is 5.66. The van der Waals surface area contributed by atoms with Crippen molar-refractivity contribution in [3.63, 3.8) is 0 Å². The molecule has 2 N–H and O–H groups in total. The summed E-state index contributed by atoms with van der Waals surface area (Å²) in [5.41, 5.74) is 0.0976. The summed E-state index contributed by atoms with van der Waals surface area (Å²) in [6.07, 6.45) is 1.44. The lowest BCUT2D eigenvalue weighted by atomic mass is 10.2. The molecule has 0 saturated carbocycles. The third-order valence-corrected chi connectivity index (χ3v) is 3.19. The van der Waals surface area contributed by atoms with E-state index in [2.05, 4.69) is 42.2 Å². The number of carbonyl (C=O) groups is 1. The molecule has 0 amide bonds. The number of carboxylic acids is 1. The average Bonchev–Trinajstić information content (AvgIpc) is 2.35. The molecule has 1 heterocycles. The number of nitrogens with one attached hydrogen (secondary N) is 1. The standard InChI is InChI=1S/C12H7Br2FN2O2/c13-6-1-2-9(15)10(4-6)17-11-8(12(18)19)3-7(14)5-16-11/h1-5H,(H,16,17)(H,18,19). The predicted octanol–water partition coefficient (Wildman–Crippen LogP) is 4.19. The van der Waals surface area contributed by atoms with Gasteiger partial charge >= 0.3 is 5.97 Å². The first-order chi connectivity index (χ1) is 8.97. The van der Waals surface area contributed by atoms with E-state index in [0.717, 1.165) is 0 Å². The van der Waals surface area contributed by atoms with Crippen LogP contribution in [0.25, 0.3) is 0 Å². The van der Waals surface area contributed by atoms with Crippen LogP contribution in [-0.2, 0) is 0 Å². The van der Waals surface area contributed by atoms with Crippen LogP contribution < -0.4 is 5.32 Å². The van der Waals surface area contributed by atoms with Gasteiger partial charge in [0.2, 0.25) is 0 Å². The van der Waals surface area contributed by atoms with Crippen LogP contribution in [0.2, 0.25) is 0 Å². The fourth-order valence-electron chi connectivity index (χ4n) is 1.42. The van der Waals surface area contributed by atoms with Crippen molar-refractivity contribution < 1.29 is 14.3 Å². The molecular formula is C12H7Br2FN2O2. The molecule has 0 unspecified atom stereocenters. The largest absolute Gasteiger partial charge is 0.478 e. The molecule has 1 aromatic carbocycles. The van der Waals surface area contributed by atoms with Crippen molar-refractivity contribution in [1.82, 2.24) is 4.98 Å². The first kappa shape index (κ1) is 14.0. The van der Waals surface area contributed by atoms with Crippen molar-refractivity contribution in [1.29, 1.82) is 0 Å². The molecule has 0 aliphatic carbocycles. The zero-order chi connectivity index (χ0) is 14.0. The van der Waals surface area contributed by atoms with E-state index >= 15 is 0 Å². The van der Waals surface area contributed by atoms with Gasteiger partial charge in [0.05, 0.1) is 5.69 Å². The molecule has 7 heteroatoms. The topological polar surface area (TPSA) is 62.2 Å². The molecule has 19 heavy (non-hydrogen) atoms. The van der Waals surface area contributed by atoms with Crippen molar-refractivity contribution in [3.05, 3.63) is 50.8 Å². The average molecular weight is 390 g/mol. The number of hydrogen-bond donors (Lipinski definition) is 2. The maximum Gasteiger partial charge on any atom is 0.339 e. The van der Waals surface area contributed by atoms with Gasteiger partial charge in [-0.1, -0.05) is 15.9 Å². The number of carboxylic acid groups (broad SMARTS) is 1. The van der Waals surface area contributed by atoms with E-state index in [-0.39, 0.29) is 17.1 Å². The van der Waals surface area contributed by atoms with E-state index < -0.39 is 11.8 Å². The molecule has 2 aromatic rings. The Morgan fingerprint density at radius 3 is 2.68 bits per heavy atom. The molecule has 0 aliphatic rings. The molecule has 1 aromatic heterocycles. The molecule has 0 saturated heterocycles. The van der Waals surface area contributed by atoms with E-state index in [0.29, 0.717) is 8.95 Å². The molecule has 0 aliphatic heterocycles. The van der Waals surface area contributed by atoms with Gasteiger partial charge in [-0.15, -0.1) is 0 Å². The van der Waals surface area contributed by atoms with Crippen molar-refractivity contribution in [2.24, 2.45) is 0 Å². The van der Waals surface area contributed by atoms with Gasteiger partial charge in [-0.05, 0) is 40.2 Å². The Balaban J connectivity index is 2.43. The van der Waals surface area contributed by atoms with E-state index in [1.807, 2.05) is 0 Å². The van der Waals surface area contributed by atoms with Gasteiger partial charge in [0.25, 0.3) is 0 Å². The van der Waals surface area contributed by atoms with Crippen LogP contribution in [0.1, 0.15) is 10.4 Å². The highest BCUT2D eigenvalue weighted by Crippen LogP contribution is 2.26. The van der Waals surface area contributed by atoms with Crippen molar-refractivity contribution in [2.75, 3.05) is 5.32 Å². The Labute approximate surface area is 124 Å². The third kappa shape index (κ3) is 3.30. The second-order valence-corrected chi connectivity index (χ2v) is 5.44. The minimum Gasteiger partial charge on any atom is -0.478 e. The maximum atomic E-state index is 13.6. The predicted molar refractivity (Wildman–Crippen MR) is 76.3 cm³/mol. The van der Waals surface area contributed by atoms with Crippen LogP contribution in [0.5, 0.6) is 0 Å². The second-order valence-electron chi connectivity index (χ2n) is 3.60. The van der Waals surface area contributed by atoms with Crippen LogP contribution in [0.4, 0.5) is 15.9 Å². The first-order valence-electron chi connectivity index (χ1n) is 5.08. The summed E-state index contributed by atoms with van der Waals surface area (Å²) >= 11 is 6.36. The molecule has 2 rings (SSSR count). The number of aromatic carboxylic acids is 1. The summed E-state index contributed by atoms with van der Waals surface area (Å²) < 4.78 is 14.8. The van der Waals surface area contributed by atoms with Gasteiger partial charge < -0.3 is 10.4 Å².